The van der Waals surface area contributed by atoms with Crippen molar-refractivity contribution in [3.05, 3.63) is 51.8 Å². The fourth-order valence-corrected chi connectivity index (χ4v) is 2.93. The number of H-pyrrole nitrogens is 1. The number of halogens is 1. The molecule has 3 aromatic rings. The van der Waals surface area contributed by atoms with Crippen LogP contribution in [-0.2, 0) is 4.74 Å². The Morgan fingerprint density at radius 1 is 1.43 bits per heavy atom. The molecule has 0 fully saturated rings. The number of aliphatic hydroxyl groups excluding tert-OH is 1. The number of ether oxygens (including phenoxy) is 1. The lowest BCUT2D eigenvalue weighted by Crippen LogP contribution is -2.42. The number of rotatable bonds is 4. The summed E-state index contributed by atoms with van der Waals surface area (Å²) >= 11 is 6.20. The number of nitrogens with zero attached hydrogens (tertiary/aromatic N) is 3. The van der Waals surface area contributed by atoms with Crippen molar-refractivity contribution in [2.45, 2.75) is 32.4 Å². The Hall–Kier alpha value is -2.91. The number of benzene rings is 1. The Morgan fingerprint density at radius 2 is 2.18 bits per heavy atom. The Kier molecular flexibility index (Phi) is 5.39. The van der Waals surface area contributed by atoms with Crippen LogP contribution in [0.3, 0.4) is 0 Å². The molecule has 10 heteroatoms. The first-order chi connectivity index (χ1) is 13.2. The molecule has 9 nitrogen and oxygen atoms in total. The zero-order valence-electron chi connectivity index (χ0n) is 15.6. The zero-order valence-corrected chi connectivity index (χ0v) is 16.3. The summed E-state index contributed by atoms with van der Waals surface area (Å²) in [5, 5.41) is 19.4. The van der Waals surface area contributed by atoms with E-state index in [0.29, 0.717) is 11.2 Å². The van der Waals surface area contributed by atoms with Gasteiger partial charge in [0.1, 0.15) is 0 Å². The monoisotopic (exact) mass is 405 g/mol. The van der Waals surface area contributed by atoms with E-state index in [4.69, 9.17) is 16.3 Å². The lowest BCUT2D eigenvalue weighted by Gasteiger charge is -2.24. The molecule has 3 N–H and O–H groups in total. The van der Waals surface area contributed by atoms with Gasteiger partial charge in [-0.3, -0.25) is 14.5 Å². The van der Waals surface area contributed by atoms with Crippen molar-refractivity contribution in [2.24, 2.45) is 0 Å². The van der Waals surface area contributed by atoms with Crippen LogP contribution >= 0.6 is 11.6 Å². The highest BCUT2D eigenvalue weighted by Gasteiger charge is 2.26. The van der Waals surface area contributed by atoms with Crippen LogP contribution < -0.4 is 10.9 Å². The number of nitrogens with one attached hydrogen (secondary N) is 2. The highest BCUT2D eigenvalue weighted by atomic mass is 35.5. The molecule has 0 bridgehead atoms. The predicted molar refractivity (Wildman–Crippen MR) is 104 cm³/mol. The van der Waals surface area contributed by atoms with E-state index in [2.05, 4.69) is 20.5 Å². The van der Waals surface area contributed by atoms with Crippen LogP contribution in [0, 0.1) is 0 Å². The summed E-state index contributed by atoms with van der Waals surface area (Å²) in [6.45, 7) is 4.80. The number of hydrogen-bond donors (Lipinski definition) is 3. The minimum Gasteiger partial charge on any atom is -0.436 e. The van der Waals surface area contributed by atoms with Crippen LogP contribution in [0.15, 0.2) is 35.4 Å². The molecular weight excluding hydrogens is 386 g/mol. The molecule has 0 saturated heterocycles. The average molecular weight is 406 g/mol. The topological polar surface area (TPSA) is 122 Å². The minimum absolute atomic E-state index is 0.0488. The third-order valence-corrected chi connectivity index (χ3v) is 4.11. The molecule has 0 saturated carbocycles. The SMILES string of the molecule is CC(C)(C)NC(=O)O[C@@H](CO)c1nc2cccc(Cl)c2c(=O)n1-c1cn[nH]c1. The summed E-state index contributed by atoms with van der Waals surface area (Å²) in [7, 11) is 0. The maximum absolute atomic E-state index is 13.2. The standard InChI is InChI=1S/C18H20ClN5O4/c1-18(2,3)23-17(27)28-13(9-25)15-22-12-6-4-5-11(19)14(12)16(26)24(15)10-7-20-21-8-10/h4-8,13,25H,9H2,1-3H3,(H,20,21)(H,23,27)/t13-/m0/s1. The molecule has 0 radical (unpaired) electrons. The molecule has 28 heavy (non-hydrogen) atoms. The van der Waals surface area contributed by atoms with E-state index in [0.717, 1.165) is 0 Å². The van der Waals surface area contributed by atoms with E-state index in [9.17, 15) is 14.7 Å². The van der Waals surface area contributed by atoms with Gasteiger partial charge in [-0.1, -0.05) is 17.7 Å². The second kappa shape index (κ2) is 7.61. The predicted octanol–water partition coefficient (Wildman–Crippen LogP) is 2.32. The lowest BCUT2D eigenvalue weighted by atomic mass is 10.1. The highest BCUT2D eigenvalue weighted by molar-refractivity contribution is 6.35. The van der Waals surface area contributed by atoms with Crippen molar-refractivity contribution in [3.63, 3.8) is 0 Å². The van der Waals surface area contributed by atoms with Gasteiger partial charge in [0.15, 0.2) is 11.9 Å². The number of aliphatic hydroxyl groups is 1. The van der Waals surface area contributed by atoms with Crippen molar-refractivity contribution < 1.29 is 14.6 Å². The Bertz CT molecular complexity index is 1060. The maximum atomic E-state index is 13.2. The quantitative estimate of drug-likeness (QED) is 0.612. The molecule has 1 atom stereocenters. The van der Waals surface area contributed by atoms with Crippen LogP contribution in [0.4, 0.5) is 4.79 Å². The number of hydrogen-bond acceptors (Lipinski definition) is 6. The first-order valence-electron chi connectivity index (χ1n) is 8.51. The molecule has 0 aliphatic carbocycles. The minimum atomic E-state index is -1.19. The van der Waals surface area contributed by atoms with Crippen molar-refractivity contribution >= 4 is 28.6 Å². The van der Waals surface area contributed by atoms with Crippen LogP contribution in [-0.4, -0.2) is 43.1 Å². The maximum Gasteiger partial charge on any atom is 0.408 e. The van der Waals surface area contributed by atoms with E-state index in [1.165, 1.54) is 17.0 Å². The number of alkyl carbamates (subject to hydrolysis) is 1. The number of aromatic amines is 1. The summed E-state index contributed by atoms with van der Waals surface area (Å²) in [6.07, 6.45) is 0.969. The molecular formula is C18H20ClN5O4. The fourth-order valence-electron chi connectivity index (χ4n) is 2.68. The number of aromatic nitrogens is 4. The number of fused-ring (bicyclic) bond motifs is 1. The van der Waals surface area contributed by atoms with Gasteiger partial charge in [-0.2, -0.15) is 5.10 Å². The first-order valence-corrected chi connectivity index (χ1v) is 8.89. The number of carbonyl (C=O) groups excluding carboxylic acids is 1. The van der Waals surface area contributed by atoms with Gasteiger partial charge in [0.2, 0.25) is 0 Å². The molecule has 1 amide bonds. The molecule has 3 rings (SSSR count). The van der Waals surface area contributed by atoms with Gasteiger partial charge < -0.3 is 15.2 Å². The molecule has 0 unspecified atom stereocenters. The van der Waals surface area contributed by atoms with Gasteiger partial charge in [0, 0.05) is 11.7 Å². The highest BCUT2D eigenvalue weighted by Crippen LogP contribution is 2.24. The van der Waals surface area contributed by atoms with Gasteiger partial charge in [-0.15, -0.1) is 0 Å². The Morgan fingerprint density at radius 3 is 2.79 bits per heavy atom. The van der Waals surface area contributed by atoms with E-state index >= 15 is 0 Å². The van der Waals surface area contributed by atoms with Crippen molar-refractivity contribution in [1.29, 1.82) is 0 Å². The van der Waals surface area contributed by atoms with E-state index in [1.54, 1.807) is 39.0 Å². The molecule has 0 spiro atoms. The average Bonchev–Trinajstić information content (AvgIpc) is 3.12. The first kappa shape index (κ1) is 19.8. The lowest BCUT2D eigenvalue weighted by molar-refractivity contribution is 0.0469. The van der Waals surface area contributed by atoms with Crippen molar-refractivity contribution in [2.75, 3.05) is 6.61 Å². The summed E-state index contributed by atoms with van der Waals surface area (Å²) in [5.41, 5.74) is -0.311. The van der Waals surface area contributed by atoms with E-state index in [1.807, 2.05) is 0 Å². The molecule has 1 aromatic carbocycles. The number of carbonyl (C=O) groups is 1. The van der Waals surface area contributed by atoms with E-state index in [-0.39, 0.29) is 16.2 Å². The summed E-state index contributed by atoms with van der Waals surface area (Å²) in [4.78, 5) is 29.8. The van der Waals surface area contributed by atoms with Crippen LogP contribution in [0.2, 0.25) is 5.02 Å². The van der Waals surface area contributed by atoms with Gasteiger partial charge in [-0.05, 0) is 32.9 Å². The Balaban J connectivity index is 2.17. The van der Waals surface area contributed by atoms with Gasteiger partial charge in [0.25, 0.3) is 5.56 Å². The molecule has 2 heterocycles. The van der Waals surface area contributed by atoms with Gasteiger partial charge in [0.05, 0.1) is 34.4 Å². The largest absolute Gasteiger partial charge is 0.436 e. The number of amides is 1. The third kappa shape index (κ3) is 4.00. The molecule has 2 aromatic heterocycles. The van der Waals surface area contributed by atoms with Crippen molar-refractivity contribution in [1.82, 2.24) is 25.1 Å². The summed E-state index contributed by atoms with van der Waals surface area (Å²) in [6, 6.07) is 4.86. The molecule has 0 aliphatic heterocycles. The zero-order chi connectivity index (χ0) is 20.5. The Labute approximate surface area is 165 Å². The van der Waals surface area contributed by atoms with Crippen LogP contribution in [0.25, 0.3) is 16.6 Å². The van der Waals surface area contributed by atoms with Crippen LogP contribution in [0.1, 0.15) is 32.7 Å². The third-order valence-electron chi connectivity index (χ3n) is 3.79. The van der Waals surface area contributed by atoms with Crippen molar-refractivity contribution in [3.8, 4) is 5.69 Å². The summed E-state index contributed by atoms with van der Waals surface area (Å²) < 4.78 is 6.56. The van der Waals surface area contributed by atoms with Crippen LogP contribution in [0.5, 0.6) is 0 Å². The fraction of sp³-hybridized carbons (Fsp3) is 0.333. The molecule has 148 valence electrons. The second-order valence-electron chi connectivity index (χ2n) is 7.15. The second-order valence-corrected chi connectivity index (χ2v) is 7.56. The van der Waals surface area contributed by atoms with Gasteiger partial charge in [-0.25, -0.2) is 9.78 Å². The molecule has 0 aliphatic rings. The normalized spacial score (nSPS) is 12.8. The summed E-state index contributed by atoms with van der Waals surface area (Å²) in [5.74, 6) is 0.0488. The van der Waals surface area contributed by atoms with E-state index < -0.39 is 29.9 Å². The smallest absolute Gasteiger partial charge is 0.408 e. The van der Waals surface area contributed by atoms with Gasteiger partial charge >= 0.3 is 6.09 Å².